The lowest BCUT2D eigenvalue weighted by Crippen LogP contribution is -2.41. The molecule has 22 heavy (non-hydrogen) atoms. The molecule has 0 amide bonds. The zero-order valence-electron chi connectivity index (χ0n) is 13.0. The molecule has 0 spiro atoms. The van der Waals surface area contributed by atoms with Crippen LogP contribution in [0.1, 0.15) is 32.4 Å². The normalized spacial score (nSPS) is 12.3. The van der Waals surface area contributed by atoms with Gasteiger partial charge in [-0.05, 0) is 38.5 Å². The minimum Gasteiger partial charge on any atom is -0.462 e. The number of esters is 1. The molecule has 0 fully saturated rings. The molecule has 0 saturated carbocycles. The van der Waals surface area contributed by atoms with E-state index in [2.05, 4.69) is 9.64 Å². The second-order valence-electron chi connectivity index (χ2n) is 4.58. The molecule has 0 aliphatic carbocycles. The van der Waals surface area contributed by atoms with Crippen molar-refractivity contribution in [1.29, 1.82) is 0 Å². The Balaban J connectivity index is 0.00000441. The molecule has 0 aliphatic rings. The van der Waals surface area contributed by atoms with Crippen molar-refractivity contribution in [2.24, 2.45) is 5.73 Å². The summed E-state index contributed by atoms with van der Waals surface area (Å²) in [5.74, 6) is -5.34. The SMILES string of the molecule is CCOC(=O)C(F)(F)[C@@H](N)c1ccc(N(CC)CC)cc1.Cl. The fraction of sp³-hybridized carbons (Fsp3) is 0.533. The van der Waals surface area contributed by atoms with E-state index >= 15 is 0 Å². The molecule has 0 heterocycles. The molecule has 0 aliphatic heterocycles. The van der Waals surface area contributed by atoms with Gasteiger partial charge in [-0.3, -0.25) is 0 Å². The van der Waals surface area contributed by atoms with Crippen LogP contribution in [0.15, 0.2) is 24.3 Å². The van der Waals surface area contributed by atoms with Gasteiger partial charge in [0.25, 0.3) is 0 Å². The minimum absolute atomic E-state index is 0. The molecule has 4 nitrogen and oxygen atoms in total. The molecule has 2 N–H and O–H groups in total. The van der Waals surface area contributed by atoms with Gasteiger partial charge in [0.1, 0.15) is 6.04 Å². The number of hydrogen-bond acceptors (Lipinski definition) is 4. The summed E-state index contributed by atoms with van der Waals surface area (Å²) in [6.45, 7) is 7.03. The highest BCUT2D eigenvalue weighted by Gasteiger charge is 2.47. The average Bonchev–Trinajstić information content (AvgIpc) is 2.48. The summed E-state index contributed by atoms with van der Waals surface area (Å²) >= 11 is 0. The van der Waals surface area contributed by atoms with Crippen LogP contribution in [0, 0.1) is 0 Å². The van der Waals surface area contributed by atoms with Gasteiger partial charge in [0, 0.05) is 18.8 Å². The zero-order chi connectivity index (χ0) is 16.0. The third-order valence-corrected chi connectivity index (χ3v) is 3.32. The van der Waals surface area contributed by atoms with E-state index in [0.717, 1.165) is 18.8 Å². The molecule has 0 radical (unpaired) electrons. The summed E-state index contributed by atoms with van der Waals surface area (Å²) in [6.07, 6.45) is 0. The van der Waals surface area contributed by atoms with E-state index in [1.54, 1.807) is 12.1 Å². The van der Waals surface area contributed by atoms with Crippen LogP contribution in [0.5, 0.6) is 0 Å². The van der Waals surface area contributed by atoms with Gasteiger partial charge < -0.3 is 15.4 Å². The first-order valence-corrected chi connectivity index (χ1v) is 7.03. The molecular formula is C15H23ClF2N2O2. The van der Waals surface area contributed by atoms with E-state index in [4.69, 9.17) is 5.73 Å². The van der Waals surface area contributed by atoms with E-state index in [0.29, 0.717) is 0 Å². The summed E-state index contributed by atoms with van der Waals surface area (Å²) in [5.41, 5.74) is 6.66. The highest BCUT2D eigenvalue weighted by Crippen LogP contribution is 2.31. The van der Waals surface area contributed by atoms with Gasteiger partial charge in [0.05, 0.1) is 6.61 Å². The molecule has 1 aromatic rings. The number of benzene rings is 1. The molecule has 1 atom stereocenters. The van der Waals surface area contributed by atoms with Crippen molar-refractivity contribution in [3.05, 3.63) is 29.8 Å². The van der Waals surface area contributed by atoms with Crippen LogP contribution in [-0.2, 0) is 9.53 Å². The first kappa shape index (κ1) is 20.6. The summed E-state index contributed by atoms with van der Waals surface area (Å²) in [6, 6.07) is 4.77. The molecule has 0 aromatic heterocycles. The summed E-state index contributed by atoms with van der Waals surface area (Å²) in [7, 11) is 0. The Morgan fingerprint density at radius 1 is 1.23 bits per heavy atom. The lowest BCUT2D eigenvalue weighted by atomic mass is 10.0. The van der Waals surface area contributed by atoms with Crippen molar-refractivity contribution in [2.75, 3.05) is 24.6 Å². The van der Waals surface area contributed by atoms with Gasteiger partial charge in [-0.15, -0.1) is 12.4 Å². The number of rotatable bonds is 7. The Kier molecular flexibility index (Phi) is 8.34. The number of carbonyl (C=O) groups is 1. The second kappa shape index (κ2) is 8.90. The van der Waals surface area contributed by atoms with Gasteiger partial charge in [0.15, 0.2) is 0 Å². The number of nitrogens with two attached hydrogens (primary N) is 1. The van der Waals surface area contributed by atoms with Crippen LogP contribution in [0.4, 0.5) is 14.5 Å². The Labute approximate surface area is 136 Å². The molecule has 1 aromatic carbocycles. The van der Waals surface area contributed by atoms with Crippen LogP contribution >= 0.6 is 12.4 Å². The summed E-state index contributed by atoms with van der Waals surface area (Å²) < 4.78 is 32.1. The van der Waals surface area contributed by atoms with Crippen molar-refractivity contribution >= 4 is 24.1 Å². The van der Waals surface area contributed by atoms with Crippen molar-refractivity contribution in [1.82, 2.24) is 0 Å². The monoisotopic (exact) mass is 336 g/mol. The molecule has 126 valence electrons. The Morgan fingerprint density at radius 3 is 2.14 bits per heavy atom. The number of nitrogens with zero attached hydrogens (tertiary/aromatic N) is 1. The van der Waals surface area contributed by atoms with Crippen molar-refractivity contribution < 1.29 is 18.3 Å². The van der Waals surface area contributed by atoms with Gasteiger partial charge in [-0.25, -0.2) is 4.79 Å². The van der Waals surface area contributed by atoms with Gasteiger partial charge in [-0.1, -0.05) is 12.1 Å². The van der Waals surface area contributed by atoms with E-state index in [9.17, 15) is 13.6 Å². The fourth-order valence-corrected chi connectivity index (χ4v) is 2.04. The highest BCUT2D eigenvalue weighted by molar-refractivity contribution is 5.85. The van der Waals surface area contributed by atoms with Crippen LogP contribution in [0.2, 0.25) is 0 Å². The standard InChI is InChI=1S/C15H22F2N2O2.ClH/c1-4-19(5-2)12-9-7-11(8-10-12)13(18)15(16,17)14(20)21-6-3;/h7-10,13H,4-6,18H2,1-3H3;1H/t13-;/m0./s1. The summed E-state index contributed by atoms with van der Waals surface area (Å²) in [5, 5.41) is 0. The van der Waals surface area contributed by atoms with E-state index in [1.165, 1.54) is 19.1 Å². The van der Waals surface area contributed by atoms with Crippen LogP contribution in [-0.4, -0.2) is 31.6 Å². The Hall–Kier alpha value is -1.40. The number of hydrogen-bond donors (Lipinski definition) is 1. The molecule has 7 heteroatoms. The molecule has 1 rings (SSSR count). The highest BCUT2D eigenvalue weighted by atomic mass is 35.5. The average molecular weight is 337 g/mol. The number of anilines is 1. The topological polar surface area (TPSA) is 55.6 Å². The number of alkyl halides is 2. The van der Waals surface area contributed by atoms with Gasteiger partial charge in [0.2, 0.25) is 0 Å². The number of halogens is 3. The minimum atomic E-state index is -3.74. The maximum atomic E-state index is 13.9. The van der Waals surface area contributed by atoms with E-state index in [-0.39, 0.29) is 24.6 Å². The fourth-order valence-electron chi connectivity index (χ4n) is 2.04. The second-order valence-corrected chi connectivity index (χ2v) is 4.58. The van der Waals surface area contributed by atoms with Crippen molar-refractivity contribution in [2.45, 2.75) is 32.7 Å². The first-order chi connectivity index (χ1) is 9.88. The van der Waals surface area contributed by atoms with E-state index in [1.807, 2.05) is 13.8 Å². The predicted octanol–water partition coefficient (Wildman–Crippen LogP) is 3.15. The quantitative estimate of drug-likeness (QED) is 0.777. The number of carbonyl (C=O) groups excluding carboxylic acids is 1. The van der Waals surface area contributed by atoms with Crippen molar-refractivity contribution in [3.63, 3.8) is 0 Å². The predicted molar refractivity (Wildman–Crippen MR) is 85.8 cm³/mol. The van der Waals surface area contributed by atoms with Gasteiger partial charge in [-0.2, -0.15) is 8.78 Å². The smallest absolute Gasteiger partial charge is 0.379 e. The van der Waals surface area contributed by atoms with Gasteiger partial charge >= 0.3 is 11.9 Å². The molecule has 0 unspecified atom stereocenters. The first-order valence-electron chi connectivity index (χ1n) is 7.03. The van der Waals surface area contributed by atoms with Crippen LogP contribution in [0.3, 0.4) is 0 Å². The molecule has 0 bridgehead atoms. The number of ether oxygens (including phenoxy) is 1. The van der Waals surface area contributed by atoms with E-state index < -0.39 is 17.9 Å². The third-order valence-electron chi connectivity index (χ3n) is 3.32. The maximum Gasteiger partial charge on any atom is 0.379 e. The van der Waals surface area contributed by atoms with Crippen LogP contribution in [0.25, 0.3) is 0 Å². The maximum absolute atomic E-state index is 13.9. The Morgan fingerprint density at radius 2 is 1.73 bits per heavy atom. The van der Waals surface area contributed by atoms with Crippen molar-refractivity contribution in [3.8, 4) is 0 Å². The lowest BCUT2D eigenvalue weighted by molar-refractivity contribution is -0.174. The molecule has 0 saturated heterocycles. The summed E-state index contributed by atoms with van der Waals surface area (Å²) in [4.78, 5) is 13.4. The molecular weight excluding hydrogens is 314 g/mol. The third kappa shape index (κ3) is 4.55. The lowest BCUT2D eigenvalue weighted by Gasteiger charge is -2.24. The van der Waals surface area contributed by atoms with Crippen LogP contribution < -0.4 is 10.6 Å². The zero-order valence-corrected chi connectivity index (χ0v) is 13.8. The largest absolute Gasteiger partial charge is 0.462 e. The Bertz CT molecular complexity index is 465.